The summed E-state index contributed by atoms with van der Waals surface area (Å²) in [6.07, 6.45) is -3.94. The highest BCUT2D eigenvalue weighted by Gasteiger charge is 2.42. The van der Waals surface area contributed by atoms with Crippen molar-refractivity contribution >= 4 is 11.6 Å². The van der Waals surface area contributed by atoms with Gasteiger partial charge >= 0.3 is 6.18 Å². The number of fused-ring (bicyclic) bond motifs is 1. The van der Waals surface area contributed by atoms with Crippen molar-refractivity contribution in [2.24, 2.45) is 0 Å². The van der Waals surface area contributed by atoms with Gasteiger partial charge in [-0.15, -0.1) is 10.2 Å². The van der Waals surface area contributed by atoms with Gasteiger partial charge in [-0.3, -0.25) is 4.79 Å². The van der Waals surface area contributed by atoms with Crippen molar-refractivity contribution in [3.63, 3.8) is 0 Å². The van der Waals surface area contributed by atoms with Crippen LogP contribution < -0.4 is 5.32 Å². The second-order valence-corrected chi connectivity index (χ2v) is 7.23. The number of hydrogen-bond acceptors (Lipinski definition) is 3. The average Bonchev–Trinajstić information content (AvgIpc) is 3.29. The van der Waals surface area contributed by atoms with E-state index in [0.717, 1.165) is 18.2 Å². The highest BCUT2D eigenvalue weighted by molar-refractivity contribution is 5.96. The Balaban J connectivity index is 1.70. The summed E-state index contributed by atoms with van der Waals surface area (Å²) in [5, 5.41) is 10.5. The highest BCUT2D eigenvalue weighted by Crippen LogP contribution is 2.42. The van der Waals surface area contributed by atoms with E-state index in [9.17, 15) is 26.7 Å². The molecule has 1 aliphatic rings. The van der Waals surface area contributed by atoms with E-state index in [1.54, 1.807) is 4.57 Å². The van der Waals surface area contributed by atoms with E-state index in [4.69, 9.17) is 0 Å². The van der Waals surface area contributed by atoms with Crippen molar-refractivity contribution in [3.8, 4) is 0 Å². The summed E-state index contributed by atoms with van der Waals surface area (Å²) in [6, 6.07) is 7.96. The van der Waals surface area contributed by atoms with Gasteiger partial charge in [0.1, 0.15) is 17.6 Å². The van der Waals surface area contributed by atoms with Crippen molar-refractivity contribution in [2.45, 2.75) is 37.9 Å². The van der Waals surface area contributed by atoms with Gasteiger partial charge in [0.25, 0.3) is 0 Å². The molecule has 10 heteroatoms. The Labute approximate surface area is 173 Å². The smallest absolute Gasteiger partial charge is 0.323 e. The number of nitrogens with one attached hydrogen (secondary N) is 1. The van der Waals surface area contributed by atoms with Gasteiger partial charge in [0.15, 0.2) is 11.6 Å². The Kier molecular flexibility index (Phi) is 5.24. The van der Waals surface area contributed by atoms with Gasteiger partial charge in [-0.1, -0.05) is 25.1 Å². The number of anilines is 1. The zero-order valence-corrected chi connectivity index (χ0v) is 16.3. The molecule has 1 aromatic heterocycles. The van der Waals surface area contributed by atoms with E-state index < -0.39 is 41.1 Å². The molecule has 2 unspecified atom stereocenters. The number of carbonyl (C=O) groups is 1. The summed E-state index contributed by atoms with van der Waals surface area (Å²) in [4.78, 5) is 13.1. The summed E-state index contributed by atoms with van der Waals surface area (Å²) < 4.78 is 68.1. The molecule has 0 saturated heterocycles. The first-order chi connectivity index (χ1) is 14.7. The lowest BCUT2D eigenvalue weighted by molar-refractivity contribution is -0.137. The monoisotopic (exact) mass is 436 g/mol. The van der Waals surface area contributed by atoms with E-state index in [1.807, 2.05) is 6.92 Å². The molecule has 162 valence electrons. The first kappa shape index (κ1) is 21.0. The van der Waals surface area contributed by atoms with Gasteiger partial charge < -0.3 is 9.88 Å². The van der Waals surface area contributed by atoms with Crippen LogP contribution in [-0.2, 0) is 23.9 Å². The number of aromatic nitrogens is 3. The van der Waals surface area contributed by atoms with Crippen LogP contribution in [0.15, 0.2) is 42.5 Å². The second kappa shape index (κ2) is 7.75. The summed E-state index contributed by atoms with van der Waals surface area (Å²) >= 11 is 0. The topological polar surface area (TPSA) is 59.8 Å². The van der Waals surface area contributed by atoms with Gasteiger partial charge in [0.05, 0.1) is 11.3 Å². The molecule has 2 aromatic carbocycles. The second-order valence-electron chi connectivity index (χ2n) is 7.23. The minimum absolute atomic E-state index is 0.278. The third-order valence-electron chi connectivity index (χ3n) is 5.39. The molecule has 0 saturated carbocycles. The number of aryl methyl sites for hydroxylation is 1. The van der Waals surface area contributed by atoms with Crippen molar-refractivity contribution in [2.75, 3.05) is 5.32 Å². The van der Waals surface area contributed by atoms with Gasteiger partial charge in [-0.05, 0) is 29.8 Å². The molecule has 5 nitrogen and oxygen atoms in total. The van der Waals surface area contributed by atoms with E-state index in [-0.39, 0.29) is 12.2 Å². The van der Waals surface area contributed by atoms with Crippen LogP contribution in [0.3, 0.4) is 0 Å². The molecule has 3 aromatic rings. The Morgan fingerprint density at radius 3 is 2.48 bits per heavy atom. The van der Waals surface area contributed by atoms with Crippen LogP contribution in [0.1, 0.15) is 41.5 Å². The Morgan fingerprint density at radius 1 is 1.13 bits per heavy atom. The van der Waals surface area contributed by atoms with E-state index >= 15 is 0 Å². The molecule has 0 radical (unpaired) electrons. The molecular weight excluding hydrogens is 419 g/mol. The Hall–Kier alpha value is -3.30. The molecule has 1 aliphatic heterocycles. The van der Waals surface area contributed by atoms with Gasteiger partial charge in [0, 0.05) is 18.9 Å². The third kappa shape index (κ3) is 3.77. The number of alkyl halides is 3. The number of carbonyl (C=O) groups excluding carboxylic acids is 1. The van der Waals surface area contributed by atoms with Crippen molar-refractivity contribution in [1.29, 1.82) is 0 Å². The van der Waals surface area contributed by atoms with E-state index in [2.05, 4.69) is 15.5 Å². The number of nitrogens with zero attached hydrogens (tertiary/aromatic N) is 3. The van der Waals surface area contributed by atoms with Gasteiger partial charge in [-0.25, -0.2) is 8.78 Å². The summed E-state index contributed by atoms with van der Waals surface area (Å²) in [7, 11) is 0. The molecule has 0 spiro atoms. The number of rotatable bonds is 4. The maximum Gasteiger partial charge on any atom is 0.416 e. The molecule has 4 rings (SSSR count). The van der Waals surface area contributed by atoms with Crippen LogP contribution in [0.4, 0.5) is 27.6 Å². The van der Waals surface area contributed by atoms with E-state index in [0.29, 0.717) is 23.6 Å². The number of benzene rings is 2. The first-order valence-electron chi connectivity index (χ1n) is 9.54. The zero-order chi connectivity index (χ0) is 22.3. The SMILES string of the molecule is CCc1nnc2n1CC(c1ccc(C(F)(F)F)cc1)C2C(=O)Nc1cccc(F)c1F. The van der Waals surface area contributed by atoms with Crippen LogP contribution in [0, 0.1) is 11.6 Å². The number of hydrogen-bond donors (Lipinski definition) is 1. The quantitative estimate of drug-likeness (QED) is 0.606. The molecule has 0 fully saturated rings. The maximum atomic E-state index is 14.1. The lowest BCUT2D eigenvalue weighted by Crippen LogP contribution is -2.25. The average molecular weight is 436 g/mol. The molecule has 1 amide bonds. The minimum Gasteiger partial charge on any atom is -0.323 e. The molecule has 1 N–H and O–H groups in total. The summed E-state index contributed by atoms with van der Waals surface area (Å²) in [5.41, 5.74) is -0.629. The normalized spacial score (nSPS) is 18.1. The van der Waals surface area contributed by atoms with Crippen LogP contribution in [0.5, 0.6) is 0 Å². The lowest BCUT2D eigenvalue weighted by Gasteiger charge is -2.19. The van der Waals surface area contributed by atoms with Crippen molar-refractivity contribution in [1.82, 2.24) is 14.8 Å². The fraction of sp³-hybridized carbons (Fsp3) is 0.286. The van der Waals surface area contributed by atoms with Gasteiger partial charge in [-0.2, -0.15) is 13.2 Å². The zero-order valence-electron chi connectivity index (χ0n) is 16.3. The first-order valence-corrected chi connectivity index (χ1v) is 9.54. The maximum absolute atomic E-state index is 14.1. The molecular formula is C21H17F5N4O. The predicted octanol–water partition coefficient (Wildman–Crippen LogP) is 4.66. The molecule has 0 aliphatic carbocycles. The number of amides is 1. The Morgan fingerprint density at radius 2 is 1.84 bits per heavy atom. The molecule has 2 atom stereocenters. The van der Waals surface area contributed by atoms with E-state index in [1.165, 1.54) is 24.3 Å². The summed E-state index contributed by atoms with van der Waals surface area (Å²) in [6.45, 7) is 2.14. The van der Waals surface area contributed by atoms with Crippen LogP contribution >= 0.6 is 0 Å². The van der Waals surface area contributed by atoms with Crippen LogP contribution in [-0.4, -0.2) is 20.7 Å². The van der Waals surface area contributed by atoms with Crippen LogP contribution in [0.2, 0.25) is 0 Å². The molecule has 31 heavy (non-hydrogen) atoms. The number of halogens is 5. The van der Waals surface area contributed by atoms with Crippen LogP contribution in [0.25, 0.3) is 0 Å². The van der Waals surface area contributed by atoms with Gasteiger partial charge in [0.2, 0.25) is 5.91 Å². The molecule has 2 heterocycles. The Bertz CT molecular complexity index is 1120. The standard InChI is InChI=1S/C21H17F5N4O/c1-2-16-28-29-19-17(20(31)27-15-5-3-4-14(22)18(15)23)13(10-30(16)19)11-6-8-12(9-7-11)21(24,25)26/h3-9,13,17H,2,10H2,1H3,(H,27,31). The third-order valence-corrected chi connectivity index (χ3v) is 5.39. The largest absolute Gasteiger partial charge is 0.416 e. The lowest BCUT2D eigenvalue weighted by atomic mass is 9.87. The highest BCUT2D eigenvalue weighted by atomic mass is 19.4. The minimum atomic E-state index is -4.48. The summed E-state index contributed by atoms with van der Waals surface area (Å²) in [5.74, 6) is -3.49. The fourth-order valence-corrected chi connectivity index (χ4v) is 3.85. The van der Waals surface area contributed by atoms with Crippen molar-refractivity contribution in [3.05, 3.63) is 76.9 Å². The van der Waals surface area contributed by atoms with Crippen molar-refractivity contribution < 1.29 is 26.7 Å². The fourth-order valence-electron chi connectivity index (χ4n) is 3.85. The predicted molar refractivity (Wildman–Crippen MR) is 101 cm³/mol. The molecule has 0 bridgehead atoms.